The minimum Gasteiger partial charge on any atom is -0.482 e. The van der Waals surface area contributed by atoms with Crippen LogP contribution in [0.2, 0.25) is 5.02 Å². The van der Waals surface area contributed by atoms with Crippen LogP contribution in [0.3, 0.4) is 0 Å². The number of Topliss-reactive ketones (excluding diaryl/α,β-unsaturated/α-hetero) is 1. The fourth-order valence-electron chi connectivity index (χ4n) is 2.37. The number of halogens is 1. The number of carbonyl (C=O) groups excluding carboxylic acids is 2. The fourth-order valence-corrected chi connectivity index (χ4v) is 2.50. The monoisotopic (exact) mass is 397 g/mol. The number of nitrogens with one attached hydrogen (secondary N) is 1. The lowest BCUT2D eigenvalue weighted by Gasteiger charge is -2.07. The third kappa shape index (κ3) is 4.86. The normalized spacial score (nSPS) is 10.4. The Labute approximate surface area is 165 Å². The van der Waals surface area contributed by atoms with E-state index in [0.29, 0.717) is 16.3 Å². The molecule has 0 atom stereocenters. The molecule has 1 N–H and O–H groups in total. The Hall–Kier alpha value is -3.38. The van der Waals surface area contributed by atoms with Gasteiger partial charge in [-0.05, 0) is 36.8 Å². The summed E-state index contributed by atoms with van der Waals surface area (Å²) in [6.45, 7) is 1.59. The Balaban J connectivity index is 1.68. The van der Waals surface area contributed by atoms with E-state index < -0.39 is 11.3 Å². The second-order valence-electron chi connectivity index (χ2n) is 5.98. The van der Waals surface area contributed by atoms with Crippen molar-refractivity contribution in [2.24, 2.45) is 0 Å². The third-order valence-electron chi connectivity index (χ3n) is 3.86. The lowest BCUT2D eigenvalue weighted by atomic mass is 10.1. The zero-order valence-electron chi connectivity index (χ0n) is 14.9. The van der Waals surface area contributed by atoms with Crippen LogP contribution in [0.15, 0.2) is 70.1 Å². The van der Waals surface area contributed by atoms with Crippen LogP contribution in [0.5, 0.6) is 5.75 Å². The number of amides is 1. The molecule has 0 saturated heterocycles. The van der Waals surface area contributed by atoms with Gasteiger partial charge in [-0.1, -0.05) is 35.9 Å². The van der Waals surface area contributed by atoms with Crippen molar-refractivity contribution in [2.45, 2.75) is 13.5 Å². The van der Waals surface area contributed by atoms with E-state index in [9.17, 15) is 14.4 Å². The molecule has 0 saturated carbocycles. The maximum Gasteiger partial charge on any atom is 0.291 e. The van der Waals surface area contributed by atoms with Gasteiger partial charge in [0, 0.05) is 22.3 Å². The number of hydrogen-bond donors (Lipinski definition) is 1. The summed E-state index contributed by atoms with van der Waals surface area (Å²) < 4.78 is 10.7. The molecule has 2 aromatic carbocycles. The Bertz CT molecular complexity index is 1070. The molecule has 0 aliphatic carbocycles. The highest BCUT2D eigenvalue weighted by Gasteiger charge is 2.13. The van der Waals surface area contributed by atoms with Crippen LogP contribution in [0.1, 0.15) is 33.4 Å². The molecular weight excluding hydrogens is 382 g/mol. The summed E-state index contributed by atoms with van der Waals surface area (Å²) in [4.78, 5) is 35.9. The molecule has 0 fully saturated rings. The third-order valence-corrected chi connectivity index (χ3v) is 4.11. The zero-order valence-corrected chi connectivity index (χ0v) is 15.7. The minimum absolute atomic E-state index is 0.00919. The van der Waals surface area contributed by atoms with E-state index in [4.69, 9.17) is 20.8 Å². The van der Waals surface area contributed by atoms with E-state index in [0.717, 1.165) is 17.9 Å². The second-order valence-corrected chi connectivity index (χ2v) is 6.42. The number of benzene rings is 2. The maximum atomic E-state index is 12.3. The average Bonchev–Trinajstić information content (AvgIpc) is 2.68. The van der Waals surface area contributed by atoms with Gasteiger partial charge in [0.25, 0.3) is 5.91 Å². The van der Waals surface area contributed by atoms with Crippen LogP contribution >= 0.6 is 11.6 Å². The summed E-state index contributed by atoms with van der Waals surface area (Å²) in [6.07, 6.45) is 1.10. The molecular formula is C21H16ClNO5. The van der Waals surface area contributed by atoms with Crippen molar-refractivity contribution in [1.82, 2.24) is 0 Å². The van der Waals surface area contributed by atoms with Gasteiger partial charge in [-0.15, -0.1) is 0 Å². The molecule has 0 spiro atoms. The first kappa shape index (κ1) is 19.4. The van der Waals surface area contributed by atoms with Gasteiger partial charge in [0.2, 0.25) is 11.2 Å². The van der Waals surface area contributed by atoms with E-state index in [2.05, 4.69) is 5.32 Å². The van der Waals surface area contributed by atoms with Crippen molar-refractivity contribution >= 4 is 29.0 Å². The van der Waals surface area contributed by atoms with Crippen LogP contribution in [0, 0.1) is 0 Å². The van der Waals surface area contributed by atoms with Crippen LogP contribution in [0.4, 0.5) is 5.69 Å². The minimum atomic E-state index is -0.609. The van der Waals surface area contributed by atoms with E-state index in [1.807, 2.05) is 0 Å². The van der Waals surface area contributed by atoms with Crippen LogP contribution in [0.25, 0.3) is 0 Å². The predicted molar refractivity (Wildman–Crippen MR) is 105 cm³/mol. The van der Waals surface area contributed by atoms with Gasteiger partial charge in [0.1, 0.15) is 12.9 Å². The van der Waals surface area contributed by atoms with Crippen molar-refractivity contribution in [3.8, 4) is 5.75 Å². The van der Waals surface area contributed by atoms with E-state index in [1.165, 1.54) is 6.92 Å². The van der Waals surface area contributed by atoms with Gasteiger partial charge in [0.05, 0.1) is 0 Å². The molecule has 28 heavy (non-hydrogen) atoms. The molecule has 142 valence electrons. The average molecular weight is 398 g/mol. The molecule has 0 aliphatic heterocycles. The van der Waals surface area contributed by atoms with Gasteiger partial charge < -0.3 is 14.5 Å². The van der Waals surface area contributed by atoms with Crippen LogP contribution < -0.4 is 15.5 Å². The van der Waals surface area contributed by atoms with Crippen molar-refractivity contribution in [1.29, 1.82) is 0 Å². The molecule has 0 aliphatic rings. The molecule has 0 bridgehead atoms. The largest absolute Gasteiger partial charge is 0.482 e. The smallest absolute Gasteiger partial charge is 0.291 e. The lowest BCUT2D eigenvalue weighted by molar-refractivity contribution is 0.0989. The SMILES string of the molecule is CC(=O)c1cccc(NC(=O)c2cc(=O)c(OCc3ccc(Cl)cc3)co2)c1. The molecule has 1 aromatic heterocycles. The van der Waals surface area contributed by atoms with Gasteiger partial charge in [-0.2, -0.15) is 0 Å². The summed E-state index contributed by atoms with van der Waals surface area (Å²) in [6, 6.07) is 14.5. The number of ketones is 1. The van der Waals surface area contributed by atoms with Crippen molar-refractivity contribution in [3.63, 3.8) is 0 Å². The summed E-state index contributed by atoms with van der Waals surface area (Å²) >= 11 is 5.82. The fraction of sp³-hybridized carbons (Fsp3) is 0.0952. The summed E-state index contributed by atoms with van der Waals surface area (Å²) in [5, 5.41) is 3.19. The molecule has 1 heterocycles. The number of hydrogen-bond acceptors (Lipinski definition) is 5. The van der Waals surface area contributed by atoms with Gasteiger partial charge in [-0.3, -0.25) is 14.4 Å². The highest BCUT2D eigenvalue weighted by Crippen LogP contribution is 2.15. The highest BCUT2D eigenvalue weighted by molar-refractivity contribution is 6.30. The van der Waals surface area contributed by atoms with E-state index in [-0.39, 0.29) is 23.9 Å². The van der Waals surface area contributed by atoms with Gasteiger partial charge in [0.15, 0.2) is 11.5 Å². The Morgan fingerprint density at radius 3 is 2.54 bits per heavy atom. The first-order valence-electron chi connectivity index (χ1n) is 8.35. The Morgan fingerprint density at radius 1 is 1.11 bits per heavy atom. The molecule has 3 rings (SSSR count). The molecule has 3 aromatic rings. The van der Waals surface area contributed by atoms with Gasteiger partial charge >= 0.3 is 0 Å². The summed E-state index contributed by atoms with van der Waals surface area (Å²) in [5.41, 5.74) is 1.23. The first-order valence-corrected chi connectivity index (χ1v) is 8.72. The topological polar surface area (TPSA) is 85.6 Å². The van der Waals surface area contributed by atoms with Crippen molar-refractivity contribution in [2.75, 3.05) is 5.32 Å². The highest BCUT2D eigenvalue weighted by atomic mass is 35.5. The van der Waals surface area contributed by atoms with Crippen LogP contribution in [-0.4, -0.2) is 11.7 Å². The van der Waals surface area contributed by atoms with E-state index in [1.54, 1.807) is 48.5 Å². The summed E-state index contributed by atoms with van der Waals surface area (Å²) in [7, 11) is 0. The second kappa shape index (κ2) is 8.54. The van der Waals surface area contributed by atoms with E-state index >= 15 is 0 Å². The van der Waals surface area contributed by atoms with Gasteiger partial charge in [-0.25, -0.2) is 0 Å². The number of ether oxygens (including phenoxy) is 1. The van der Waals surface area contributed by atoms with Crippen LogP contribution in [-0.2, 0) is 6.61 Å². The zero-order chi connectivity index (χ0) is 20.1. The Kier molecular flexibility index (Phi) is 5.91. The number of anilines is 1. The summed E-state index contributed by atoms with van der Waals surface area (Å²) in [5.74, 6) is -0.908. The molecule has 0 unspecified atom stereocenters. The molecule has 6 nitrogen and oxygen atoms in total. The first-order chi connectivity index (χ1) is 13.4. The number of carbonyl (C=O) groups is 2. The standard InChI is InChI=1S/C21H16ClNO5/c1-13(24)15-3-2-4-17(9-15)23-21(26)19-10-18(25)20(12-28-19)27-11-14-5-7-16(22)8-6-14/h2-10,12H,11H2,1H3,(H,23,26). The van der Waals surface area contributed by atoms with Crippen molar-refractivity contribution < 1.29 is 18.7 Å². The molecule has 0 radical (unpaired) electrons. The molecule has 7 heteroatoms. The quantitative estimate of drug-likeness (QED) is 0.626. The maximum absolute atomic E-state index is 12.3. The number of rotatable bonds is 6. The van der Waals surface area contributed by atoms with Crippen molar-refractivity contribution in [3.05, 3.63) is 93.0 Å². The molecule has 1 amide bonds. The lowest BCUT2D eigenvalue weighted by Crippen LogP contribution is -2.16. The Morgan fingerprint density at radius 2 is 1.86 bits per heavy atom. The predicted octanol–water partition coefficient (Wildman–Crippen LogP) is 4.33.